The van der Waals surface area contributed by atoms with Gasteiger partial charge in [-0.05, 0) is 23.6 Å². The highest BCUT2D eigenvalue weighted by Gasteiger charge is 2.30. The van der Waals surface area contributed by atoms with Crippen LogP contribution in [0, 0.1) is 11.3 Å². The lowest BCUT2D eigenvalue weighted by Gasteiger charge is -2.25. The van der Waals surface area contributed by atoms with E-state index in [0.29, 0.717) is 12.0 Å². The number of carboxylic acid groups (broad SMARTS) is 1. The fourth-order valence-electron chi connectivity index (χ4n) is 1.69. The van der Waals surface area contributed by atoms with E-state index in [1.807, 2.05) is 6.07 Å². The number of carboxylic acids is 1. The van der Waals surface area contributed by atoms with Gasteiger partial charge in [-0.15, -0.1) is 0 Å². The predicted molar refractivity (Wildman–Crippen MR) is 45.5 cm³/mol. The lowest BCUT2D eigenvalue weighted by atomic mass is 9.76. The van der Waals surface area contributed by atoms with Crippen molar-refractivity contribution in [3.8, 4) is 6.07 Å². The number of nitrogens with zero attached hydrogens (tertiary/aromatic N) is 1. The second-order valence-corrected chi connectivity index (χ2v) is 3.07. The van der Waals surface area contributed by atoms with Crippen molar-refractivity contribution in [2.75, 3.05) is 0 Å². The van der Waals surface area contributed by atoms with Crippen molar-refractivity contribution in [2.45, 2.75) is 12.3 Å². The van der Waals surface area contributed by atoms with E-state index in [1.165, 1.54) is 0 Å². The summed E-state index contributed by atoms with van der Waals surface area (Å²) in [6, 6.07) is 7.22. The first kappa shape index (κ1) is 7.81. The van der Waals surface area contributed by atoms with Gasteiger partial charge in [0, 0.05) is 0 Å². The predicted octanol–water partition coefficient (Wildman–Crippen LogP) is 1.55. The summed E-state index contributed by atoms with van der Waals surface area (Å²) < 4.78 is 0. The normalized spacial score (nSPS) is 18.2. The number of rotatable bonds is 1. The van der Waals surface area contributed by atoms with Crippen LogP contribution >= 0.6 is 0 Å². The minimum Gasteiger partial charge on any atom is -0.478 e. The monoisotopic (exact) mass is 173 g/mol. The van der Waals surface area contributed by atoms with Crippen LogP contribution in [-0.2, 0) is 6.42 Å². The minimum absolute atomic E-state index is 0.220. The molecular weight excluding hydrogens is 166 g/mol. The van der Waals surface area contributed by atoms with E-state index >= 15 is 0 Å². The van der Waals surface area contributed by atoms with Crippen LogP contribution in [0.1, 0.15) is 27.4 Å². The molecule has 3 nitrogen and oxygen atoms in total. The SMILES string of the molecule is N#CC1Cc2cccc(C(=O)O)c21. The molecule has 0 radical (unpaired) electrons. The van der Waals surface area contributed by atoms with Gasteiger partial charge in [-0.2, -0.15) is 5.26 Å². The maximum absolute atomic E-state index is 10.8. The van der Waals surface area contributed by atoms with Crippen LogP contribution in [0.3, 0.4) is 0 Å². The molecule has 0 saturated heterocycles. The number of fused-ring (bicyclic) bond motifs is 1. The van der Waals surface area contributed by atoms with Crippen molar-refractivity contribution in [1.82, 2.24) is 0 Å². The van der Waals surface area contributed by atoms with Crippen molar-refractivity contribution in [3.63, 3.8) is 0 Å². The summed E-state index contributed by atoms with van der Waals surface area (Å²) >= 11 is 0. The molecule has 64 valence electrons. The van der Waals surface area contributed by atoms with Gasteiger partial charge in [0.15, 0.2) is 0 Å². The average molecular weight is 173 g/mol. The first-order chi connectivity index (χ1) is 6.24. The lowest BCUT2D eigenvalue weighted by Crippen LogP contribution is -2.20. The molecule has 1 unspecified atom stereocenters. The second kappa shape index (κ2) is 2.60. The highest BCUT2D eigenvalue weighted by atomic mass is 16.4. The molecule has 0 spiro atoms. The van der Waals surface area contributed by atoms with Crippen LogP contribution in [0.25, 0.3) is 0 Å². The summed E-state index contributed by atoms with van der Waals surface area (Å²) in [4.78, 5) is 10.8. The summed E-state index contributed by atoms with van der Waals surface area (Å²) in [6.45, 7) is 0. The summed E-state index contributed by atoms with van der Waals surface area (Å²) in [5.74, 6) is -1.17. The van der Waals surface area contributed by atoms with Gasteiger partial charge in [-0.1, -0.05) is 12.1 Å². The molecule has 3 heteroatoms. The quantitative estimate of drug-likeness (QED) is 0.700. The van der Waals surface area contributed by atoms with Gasteiger partial charge in [-0.25, -0.2) is 4.79 Å². The zero-order valence-corrected chi connectivity index (χ0v) is 6.82. The Balaban J connectivity index is 2.56. The molecule has 13 heavy (non-hydrogen) atoms. The highest BCUT2D eigenvalue weighted by Crippen LogP contribution is 2.36. The topological polar surface area (TPSA) is 61.1 Å². The third kappa shape index (κ3) is 0.994. The van der Waals surface area contributed by atoms with Gasteiger partial charge in [0.05, 0.1) is 17.6 Å². The highest BCUT2D eigenvalue weighted by molar-refractivity contribution is 5.91. The Morgan fingerprint density at radius 3 is 3.00 bits per heavy atom. The van der Waals surface area contributed by atoms with E-state index in [4.69, 9.17) is 10.4 Å². The molecule has 0 fully saturated rings. The van der Waals surface area contributed by atoms with E-state index < -0.39 is 5.97 Å². The molecule has 0 bridgehead atoms. The fourth-order valence-corrected chi connectivity index (χ4v) is 1.69. The smallest absolute Gasteiger partial charge is 0.336 e. The molecule has 0 amide bonds. The summed E-state index contributed by atoms with van der Waals surface area (Å²) in [5, 5.41) is 17.5. The molecule has 1 aromatic carbocycles. The van der Waals surface area contributed by atoms with Crippen LogP contribution in [0.4, 0.5) is 0 Å². The summed E-state index contributed by atoms with van der Waals surface area (Å²) in [6.07, 6.45) is 0.687. The van der Waals surface area contributed by atoms with Gasteiger partial charge in [0.25, 0.3) is 0 Å². The third-order valence-electron chi connectivity index (χ3n) is 2.36. The van der Waals surface area contributed by atoms with Crippen molar-refractivity contribution in [2.24, 2.45) is 0 Å². The molecule has 0 aromatic heterocycles. The van der Waals surface area contributed by atoms with Gasteiger partial charge >= 0.3 is 5.97 Å². The number of aromatic carboxylic acids is 1. The van der Waals surface area contributed by atoms with Crippen molar-refractivity contribution < 1.29 is 9.90 Å². The van der Waals surface area contributed by atoms with Crippen molar-refractivity contribution in [3.05, 3.63) is 34.9 Å². The Hall–Kier alpha value is -1.82. The Labute approximate surface area is 75.2 Å². The van der Waals surface area contributed by atoms with E-state index in [9.17, 15) is 4.79 Å². The van der Waals surface area contributed by atoms with Gasteiger partial charge in [0.2, 0.25) is 0 Å². The zero-order valence-electron chi connectivity index (χ0n) is 6.82. The molecule has 1 aliphatic carbocycles. The maximum Gasteiger partial charge on any atom is 0.336 e. The molecule has 0 heterocycles. The first-order valence-corrected chi connectivity index (χ1v) is 3.98. The molecule has 1 aliphatic rings. The Kier molecular flexibility index (Phi) is 1.56. The second-order valence-electron chi connectivity index (χ2n) is 3.07. The van der Waals surface area contributed by atoms with Gasteiger partial charge in [0.1, 0.15) is 0 Å². The van der Waals surface area contributed by atoms with E-state index in [0.717, 1.165) is 5.56 Å². The molecular formula is C10H7NO2. The third-order valence-corrected chi connectivity index (χ3v) is 2.36. The number of benzene rings is 1. The summed E-state index contributed by atoms with van der Waals surface area (Å²) in [7, 11) is 0. The average Bonchev–Trinajstić information content (AvgIpc) is 2.06. The zero-order chi connectivity index (χ0) is 9.42. The van der Waals surface area contributed by atoms with E-state index in [-0.39, 0.29) is 11.5 Å². The first-order valence-electron chi connectivity index (χ1n) is 3.98. The van der Waals surface area contributed by atoms with Crippen LogP contribution in [0.5, 0.6) is 0 Å². The molecule has 1 atom stereocenters. The molecule has 1 aromatic rings. The molecule has 1 N–H and O–H groups in total. The van der Waals surface area contributed by atoms with Crippen LogP contribution in [0.15, 0.2) is 18.2 Å². The Morgan fingerprint density at radius 2 is 2.38 bits per heavy atom. The van der Waals surface area contributed by atoms with E-state index in [2.05, 4.69) is 6.07 Å². The maximum atomic E-state index is 10.8. The van der Waals surface area contributed by atoms with Crippen LogP contribution < -0.4 is 0 Å². The van der Waals surface area contributed by atoms with Crippen LogP contribution in [-0.4, -0.2) is 11.1 Å². The standard InChI is InChI=1S/C10H7NO2/c11-5-7-4-6-2-1-3-8(9(6)7)10(12)13/h1-3,7H,4H2,(H,12,13). The van der Waals surface area contributed by atoms with Gasteiger partial charge in [-0.3, -0.25) is 0 Å². The number of hydrogen-bond donors (Lipinski definition) is 1. The Morgan fingerprint density at radius 1 is 1.62 bits per heavy atom. The largest absolute Gasteiger partial charge is 0.478 e. The van der Waals surface area contributed by atoms with Crippen LogP contribution in [0.2, 0.25) is 0 Å². The number of carbonyl (C=O) groups is 1. The summed E-state index contributed by atoms with van der Waals surface area (Å²) in [5.41, 5.74) is 1.97. The molecule has 0 saturated carbocycles. The fraction of sp³-hybridized carbons (Fsp3) is 0.200. The van der Waals surface area contributed by atoms with Crippen molar-refractivity contribution >= 4 is 5.97 Å². The van der Waals surface area contributed by atoms with Crippen molar-refractivity contribution in [1.29, 1.82) is 5.26 Å². The van der Waals surface area contributed by atoms with Gasteiger partial charge < -0.3 is 5.11 Å². The minimum atomic E-state index is -0.947. The number of nitriles is 1. The number of hydrogen-bond acceptors (Lipinski definition) is 2. The molecule has 2 rings (SSSR count). The Bertz CT molecular complexity index is 417. The lowest BCUT2D eigenvalue weighted by molar-refractivity contribution is 0.0694. The van der Waals surface area contributed by atoms with E-state index in [1.54, 1.807) is 12.1 Å². The molecule has 0 aliphatic heterocycles.